The predicted octanol–water partition coefficient (Wildman–Crippen LogP) is 2.76. The van der Waals surface area contributed by atoms with Crippen LogP contribution in [0.4, 0.5) is 0 Å². The maximum Gasteiger partial charge on any atom is 0.243 e. The van der Waals surface area contributed by atoms with E-state index in [9.17, 15) is 4.79 Å². The summed E-state index contributed by atoms with van der Waals surface area (Å²) in [4.78, 5) is 18.3. The van der Waals surface area contributed by atoms with E-state index in [2.05, 4.69) is 22.5 Å². The van der Waals surface area contributed by atoms with Gasteiger partial charge in [-0.05, 0) is 57.3 Å². The average molecular weight is 504 g/mol. The van der Waals surface area contributed by atoms with E-state index in [0.717, 1.165) is 30.8 Å². The molecule has 0 aromatic rings. The lowest BCUT2D eigenvalue weighted by atomic mass is 9.51. The number of hydrogen-bond donors (Lipinski definition) is 2. The number of amides is 1. The molecule has 5 atom stereocenters. The van der Waals surface area contributed by atoms with Crippen LogP contribution in [0.2, 0.25) is 0 Å². The molecule has 0 aromatic carbocycles. The Hall–Kier alpha value is -0.570. The van der Waals surface area contributed by atoms with Gasteiger partial charge in [0.25, 0.3) is 0 Å². The summed E-state index contributed by atoms with van der Waals surface area (Å²) < 4.78 is 5.99. The molecule has 4 aliphatic rings. The number of nitrogens with zero attached hydrogens (tertiary/aromatic N) is 2. The predicted molar refractivity (Wildman–Crippen MR) is 122 cm³/mol. The van der Waals surface area contributed by atoms with Gasteiger partial charge in [0.05, 0.1) is 6.10 Å². The van der Waals surface area contributed by atoms with Crippen LogP contribution >= 0.6 is 24.0 Å². The highest BCUT2D eigenvalue weighted by atomic mass is 127. The second kappa shape index (κ2) is 9.06. The van der Waals surface area contributed by atoms with Crippen molar-refractivity contribution in [2.24, 2.45) is 22.2 Å². The molecular formula is C21H37IN4O2. The summed E-state index contributed by atoms with van der Waals surface area (Å²) in [5, 5.41) is 7.40. The van der Waals surface area contributed by atoms with Crippen LogP contribution in [0.1, 0.15) is 58.3 Å². The van der Waals surface area contributed by atoms with E-state index in [4.69, 9.17) is 4.74 Å². The van der Waals surface area contributed by atoms with E-state index in [1.165, 1.54) is 44.9 Å². The van der Waals surface area contributed by atoms with Crippen LogP contribution in [0.25, 0.3) is 0 Å². The van der Waals surface area contributed by atoms with Crippen molar-refractivity contribution < 1.29 is 9.53 Å². The lowest BCUT2D eigenvalue weighted by Gasteiger charge is -2.61. The summed E-state index contributed by atoms with van der Waals surface area (Å²) in [7, 11) is 3.58. The minimum absolute atomic E-state index is 0. The Labute approximate surface area is 186 Å². The number of carbonyl (C=O) groups excluding carboxylic acids is 1. The standard InChI is InChI=1S/C21H36N4O2.HI/c1-4-27-18-12-17(21(18)8-5-9-21)24-20(22-13-19(26)25(2)3)23-16-11-14-6-7-15(16)10-14;/h14-18H,4-13H2,1-3H3,(H2,22,23,24);1H. The van der Waals surface area contributed by atoms with Crippen molar-refractivity contribution in [1.82, 2.24) is 15.5 Å². The Bertz CT molecular complexity index is 593. The zero-order valence-electron chi connectivity index (χ0n) is 17.6. The number of likely N-dealkylation sites (N-methyl/N-ethyl adjacent to an activating group) is 1. The van der Waals surface area contributed by atoms with E-state index >= 15 is 0 Å². The summed E-state index contributed by atoms with van der Waals surface area (Å²) in [6.45, 7) is 3.09. The Morgan fingerprint density at radius 3 is 2.50 bits per heavy atom. The van der Waals surface area contributed by atoms with E-state index in [-0.39, 0.29) is 36.4 Å². The minimum atomic E-state index is 0. The molecule has 6 nitrogen and oxygen atoms in total. The fourth-order valence-corrected chi connectivity index (χ4v) is 5.82. The van der Waals surface area contributed by atoms with Crippen LogP contribution in [0.15, 0.2) is 4.99 Å². The molecule has 4 aliphatic carbocycles. The summed E-state index contributed by atoms with van der Waals surface area (Å²) in [5.41, 5.74) is 0.290. The van der Waals surface area contributed by atoms with Crippen LogP contribution in [0, 0.1) is 17.3 Å². The molecule has 0 radical (unpaired) electrons. The third-order valence-electron chi connectivity index (χ3n) is 7.68. The quantitative estimate of drug-likeness (QED) is 0.332. The number of aliphatic imine (C=N–C) groups is 1. The van der Waals surface area contributed by atoms with Gasteiger partial charge in [-0.2, -0.15) is 0 Å². The fourth-order valence-electron chi connectivity index (χ4n) is 5.82. The van der Waals surface area contributed by atoms with Gasteiger partial charge >= 0.3 is 0 Å². The first kappa shape index (κ1) is 22.1. The van der Waals surface area contributed by atoms with Gasteiger partial charge in [-0.1, -0.05) is 12.8 Å². The molecular weight excluding hydrogens is 467 g/mol. The smallest absolute Gasteiger partial charge is 0.243 e. The molecule has 28 heavy (non-hydrogen) atoms. The number of carbonyl (C=O) groups is 1. The SMILES string of the molecule is CCOC1CC(NC(=NCC(=O)N(C)C)NC2CC3CCC2C3)C12CCC2.I. The molecule has 4 rings (SSSR count). The van der Waals surface area contributed by atoms with Crippen LogP contribution in [-0.2, 0) is 9.53 Å². The number of nitrogens with one attached hydrogen (secondary N) is 2. The zero-order chi connectivity index (χ0) is 19.0. The summed E-state index contributed by atoms with van der Waals surface area (Å²) in [6.07, 6.45) is 10.6. The van der Waals surface area contributed by atoms with Crippen molar-refractivity contribution >= 4 is 35.8 Å². The van der Waals surface area contributed by atoms with Gasteiger partial charge in [0.2, 0.25) is 5.91 Å². The van der Waals surface area contributed by atoms with Gasteiger partial charge in [-0.15, -0.1) is 24.0 Å². The number of rotatable bonds is 6. The van der Waals surface area contributed by atoms with Gasteiger partial charge in [-0.3, -0.25) is 4.79 Å². The van der Waals surface area contributed by atoms with Gasteiger partial charge in [0.1, 0.15) is 6.54 Å². The molecule has 0 aliphatic heterocycles. The molecule has 4 saturated carbocycles. The molecule has 5 unspecified atom stereocenters. The van der Waals surface area contributed by atoms with Crippen molar-refractivity contribution in [1.29, 1.82) is 0 Å². The highest BCUT2D eigenvalue weighted by molar-refractivity contribution is 14.0. The molecule has 1 amide bonds. The largest absolute Gasteiger partial charge is 0.378 e. The fraction of sp³-hybridized carbons (Fsp3) is 0.905. The lowest BCUT2D eigenvalue weighted by molar-refractivity contribution is -0.168. The molecule has 0 saturated heterocycles. The number of fused-ring (bicyclic) bond motifs is 2. The minimum Gasteiger partial charge on any atom is -0.378 e. The number of guanidine groups is 1. The third-order valence-corrected chi connectivity index (χ3v) is 7.68. The molecule has 2 bridgehead atoms. The molecule has 4 fully saturated rings. The highest BCUT2D eigenvalue weighted by Gasteiger charge is 2.59. The van der Waals surface area contributed by atoms with Gasteiger partial charge in [0.15, 0.2) is 5.96 Å². The van der Waals surface area contributed by atoms with E-state index < -0.39 is 0 Å². The van der Waals surface area contributed by atoms with Crippen molar-refractivity contribution in [3.63, 3.8) is 0 Å². The van der Waals surface area contributed by atoms with E-state index in [0.29, 0.717) is 23.6 Å². The highest BCUT2D eigenvalue weighted by Crippen LogP contribution is 2.57. The van der Waals surface area contributed by atoms with Crippen molar-refractivity contribution in [3.05, 3.63) is 0 Å². The molecule has 160 valence electrons. The van der Waals surface area contributed by atoms with Gasteiger partial charge in [-0.25, -0.2) is 4.99 Å². The Morgan fingerprint density at radius 1 is 1.18 bits per heavy atom. The Morgan fingerprint density at radius 2 is 1.96 bits per heavy atom. The van der Waals surface area contributed by atoms with Gasteiger partial charge < -0.3 is 20.3 Å². The second-order valence-electron chi connectivity index (χ2n) is 9.34. The molecule has 0 aromatic heterocycles. The van der Waals surface area contributed by atoms with E-state index in [1.807, 2.05) is 0 Å². The molecule has 0 heterocycles. The van der Waals surface area contributed by atoms with Crippen LogP contribution in [0.5, 0.6) is 0 Å². The lowest BCUT2D eigenvalue weighted by Crippen LogP contribution is -2.69. The topological polar surface area (TPSA) is 66.0 Å². The first-order chi connectivity index (χ1) is 13.0. The van der Waals surface area contributed by atoms with Gasteiger partial charge in [0, 0.05) is 38.2 Å². The number of ether oxygens (including phenoxy) is 1. The summed E-state index contributed by atoms with van der Waals surface area (Å²) >= 11 is 0. The molecule has 2 N–H and O–H groups in total. The molecule has 1 spiro atoms. The Kier molecular flexibility index (Phi) is 7.16. The normalized spacial score (nSPS) is 35.0. The van der Waals surface area contributed by atoms with Crippen LogP contribution < -0.4 is 10.6 Å². The zero-order valence-corrected chi connectivity index (χ0v) is 19.9. The summed E-state index contributed by atoms with van der Waals surface area (Å²) in [5.74, 6) is 2.56. The number of hydrogen-bond acceptors (Lipinski definition) is 3. The van der Waals surface area contributed by atoms with E-state index in [1.54, 1.807) is 19.0 Å². The third kappa shape index (κ3) is 4.16. The van der Waals surface area contributed by atoms with Crippen molar-refractivity contribution in [3.8, 4) is 0 Å². The first-order valence-corrected chi connectivity index (χ1v) is 10.9. The van der Waals surface area contributed by atoms with Crippen molar-refractivity contribution in [2.45, 2.75) is 76.5 Å². The maximum atomic E-state index is 12.1. The van der Waals surface area contributed by atoms with Crippen molar-refractivity contribution in [2.75, 3.05) is 27.2 Å². The summed E-state index contributed by atoms with van der Waals surface area (Å²) in [6, 6.07) is 0.937. The monoisotopic (exact) mass is 504 g/mol. The second-order valence-corrected chi connectivity index (χ2v) is 9.34. The molecule has 7 heteroatoms. The average Bonchev–Trinajstić information content (AvgIpc) is 3.19. The Balaban J connectivity index is 0.00000225. The van der Waals surface area contributed by atoms with Crippen LogP contribution in [0.3, 0.4) is 0 Å². The maximum absolute atomic E-state index is 12.1. The van der Waals surface area contributed by atoms with Crippen LogP contribution in [-0.4, -0.2) is 62.2 Å². The first-order valence-electron chi connectivity index (χ1n) is 10.9. The number of halogens is 1.